The summed E-state index contributed by atoms with van der Waals surface area (Å²) in [5.74, 6) is 0. The van der Waals surface area contributed by atoms with Crippen LogP contribution in [-0.4, -0.2) is 28.5 Å². The van der Waals surface area contributed by atoms with Gasteiger partial charge in [-0.15, -0.1) is 0 Å². The Balaban J connectivity index is 1.88. The normalized spacial score (nSPS) is 25.4. The molecule has 4 nitrogen and oxygen atoms in total. The molecule has 0 saturated carbocycles. The van der Waals surface area contributed by atoms with Crippen LogP contribution in [0.2, 0.25) is 0 Å². The van der Waals surface area contributed by atoms with Gasteiger partial charge in [0.2, 0.25) is 0 Å². The first kappa shape index (κ1) is 12.6. The van der Waals surface area contributed by atoms with Gasteiger partial charge >= 0.3 is 0 Å². The molecule has 2 rings (SSSR count). The molecule has 96 valence electrons. The van der Waals surface area contributed by atoms with Crippen LogP contribution in [0.1, 0.15) is 45.2 Å². The highest BCUT2D eigenvalue weighted by atomic mass is 16.5. The van der Waals surface area contributed by atoms with Crippen LogP contribution >= 0.6 is 0 Å². The highest BCUT2D eigenvalue weighted by Gasteiger charge is 2.26. The van der Waals surface area contributed by atoms with E-state index in [2.05, 4.69) is 37.4 Å². The molecule has 0 aromatic carbocycles. The maximum atomic E-state index is 5.53. The van der Waals surface area contributed by atoms with E-state index in [0.717, 1.165) is 26.2 Å². The number of nitrogens with one attached hydrogen (secondary N) is 1. The number of hydrogen-bond acceptors (Lipinski definition) is 3. The van der Waals surface area contributed by atoms with Crippen molar-refractivity contribution in [3.63, 3.8) is 0 Å². The summed E-state index contributed by atoms with van der Waals surface area (Å²) in [6.07, 6.45) is 6.39. The number of aromatic nitrogens is 2. The molecule has 1 saturated heterocycles. The van der Waals surface area contributed by atoms with Crippen molar-refractivity contribution in [1.82, 2.24) is 15.1 Å². The second-order valence-corrected chi connectivity index (χ2v) is 5.49. The molecule has 2 heterocycles. The third-order valence-electron chi connectivity index (χ3n) is 3.34. The van der Waals surface area contributed by atoms with Crippen LogP contribution < -0.4 is 5.32 Å². The third kappa shape index (κ3) is 3.30. The molecule has 1 aromatic rings. The molecule has 1 aromatic heterocycles. The predicted octanol–water partition coefficient (Wildman–Crippen LogP) is 2.12. The average molecular weight is 237 g/mol. The molecular weight excluding hydrogens is 214 g/mol. The molecular formula is C13H23N3O. The summed E-state index contributed by atoms with van der Waals surface area (Å²) in [5, 5.41) is 7.94. The minimum atomic E-state index is 0.123. The smallest absolute Gasteiger partial charge is 0.0645 e. The average Bonchev–Trinajstić information content (AvgIpc) is 2.76. The van der Waals surface area contributed by atoms with E-state index < -0.39 is 0 Å². The fourth-order valence-corrected chi connectivity index (χ4v) is 2.14. The van der Waals surface area contributed by atoms with E-state index in [9.17, 15) is 0 Å². The Morgan fingerprint density at radius 2 is 2.41 bits per heavy atom. The quantitative estimate of drug-likeness (QED) is 0.872. The van der Waals surface area contributed by atoms with E-state index in [0.29, 0.717) is 6.04 Å². The van der Waals surface area contributed by atoms with E-state index in [1.54, 1.807) is 0 Å². The summed E-state index contributed by atoms with van der Waals surface area (Å²) >= 11 is 0. The molecule has 17 heavy (non-hydrogen) atoms. The largest absolute Gasteiger partial charge is 0.380 e. The predicted molar refractivity (Wildman–Crippen MR) is 67.9 cm³/mol. The second kappa shape index (κ2) is 5.19. The SMILES string of the molecule is CC(C)n1cc(CNC2(C)CCCOC2)cn1. The van der Waals surface area contributed by atoms with Crippen LogP contribution in [-0.2, 0) is 11.3 Å². The van der Waals surface area contributed by atoms with Gasteiger partial charge < -0.3 is 10.1 Å². The fourth-order valence-electron chi connectivity index (χ4n) is 2.14. The Kier molecular flexibility index (Phi) is 3.84. The van der Waals surface area contributed by atoms with Crippen LogP contribution in [0.3, 0.4) is 0 Å². The van der Waals surface area contributed by atoms with Gasteiger partial charge in [0.1, 0.15) is 0 Å². The molecule has 1 aliphatic heterocycles. The van der Waals surface area contributed by atoms with Gasteiger partial charge in [-0.1, -0.05) is 0 Å². The summed E-state index contributed by atoms with van der Waals surface area (Å²) in [6, 6.07) is 0.428. The van der Waals surface area contributed by atoms with Gasteiger partial charge in [-0.2, -0.15) is 5.10 Å². The third-order valence-corrected chi connectivity index (χ3v) is 3.34. The summed E-state index contributed by atoms with van der Waals surface area (Å²) in [4.78, 5) is 0. The molecule has 4 heteroatoms. The zero-order valence-corrected chi connectivity index (χ0v) is 11.1. The molecule has 0 aliphatic carbocycles. The van der Waals surface area contributed by atoms with Crippen molar-refractivity contribution in [1.29, 1.82) is 0 Å². The highest BCUT2D eigenvalue weighted by molar-refractivity contribution is 5.05. The van der Waals surface area contributed by atoms with E-state index in [1.807, 2.05) is 10.9 Å². The van der Waals surface area contributed by atoms with Crippen LogP contribution in [0.5, 0.6) is 0 Å². The monoisotopic (exact) mass is 237 g/mol. The lowest BCUT2D eigenvalue weighted by atomic mass is 9.95. The van der Waals surface area contributed by atoms with Crippen molar-refractivity contribution in [2.45, 2.75) is 51.7 Å². The molecule has 0 amide bonds. The van der Waals surface area contributed by atoms with Gasteiger partial charge in [-0.05, 0) is 33.6 Å². The number of hydrogen-bond donors (Lipinski definition) is 1. The first-order valence-corrected chi connectivity index (χ1v) is 6.45. The van der Waals surface area contributed by atoms with E-state index >= 15 is 0 Å². The molecule has 0 radical (unpaired) electrons. The summed E-state index contributed by atoms with van der Waals surface area (Å²) < 4.78 is 7.53. The first-order valence-electron chi connectivity index (χ1n) is 6.45. The minimum Gasteiger partial charge on any atom is -0.380 e. The number of rotatable bonds is 4. The molecule has 1 unspecified atom stereocenters. The standard InChI is InChI=1S/C13H23N3O/c1-11(2)16-9-12(8-15-16)7-14-13(3)5-4-6-17-10-13/h8-9,11,14H,4-7,10H2,1-3H3. The molecule has 0 bridgehead atoms. The number of ether oxygens (including phenoxy) is 1. The minimum absolute atomic E-state index is 0.123. The Hall–Kier alpha value is -0.870. The zero-order chi connectivity index (χ0) is 12.3. The van der Waals surface area contributed by atoms with Gasteiger partial charge in [0, 0.05) is 36.5 Å². The fraction of sp³-hybridized carbons (Fsp3) is 0.769. The topological polar surface area (TPSA) is 39.1 Å². The molecule has 0 spiro atoms. The Morgan fingerprint density at radius 1 is 1.59 bits per heavy atom. The van der Waals surface area contributed by atoms with Crippen molar-refractivity contribution < 1.29 is 4.74 Å². The van der Waals surface area contributed by atoms with Crippen molar-refractivity contribution in [3.8, 4) is 0 Å². The first-order chi connectivity index (χ1) is 8.09. The van der Waals surface area contributed by atoms with Gasteiger partial charge in [-0.25, -0.2) is 0 Å². The van der Waals surface area contributed by atoms with Gasteiger partial charge in [0.15, 0.2) is 0 Å². The second-order valence-electron chi connectivity index (χ2n) is 5.49. The number of nitrogens with zero attached hydrogens (tertiary/aromatic N) is 2. The molecule has 1 N–H and O–H groups in total. The van der Waals surface area contributed by atoms with Gasteiger partial charge in [0.05, 0.1) is 12.8 Å². The van der Waals surface area contributed by atoms with E-state index in [-0.39, 0.29) is 5.54 Å². The summed E-state index contributed by atoms with van der Waals surface area (Å²) in [6.45, 7) is 9.10. The maximum absolute atomic E-state index is 5.53. The van der Waals surface area contributed by atoms with Crippen LogP contribution in [0.15, 0.2) is 12.4 Å². The zero-order valence-electron chi connectivity index (χ0n) is 11.1. The Morgan fingerprint density at radius 3 is 3.00 bits per heavy atom. The van der Waals surface area contributed by atoms with Gasteiger partial charge in [-0.3, -0.25) is 4.68 Å². The lowest BCUT2D eigenvalue weighted by molar-refractivity contribution is 0.0278. The Bertz CT molecular complexity index is 353. The maximum Gasteiger partial charge on any atom is 0.0645 e. The van der Waals surface area contributed by atoms with E-state index in [1.165, 1.54) is 12.0 Å². The van der Waals surface area contributed by atoms with Gasteiger partial charge in [0.25, 0.3) is 0 Å². The van der Waals surface area contributed by atoms with Crippen molar-refractivity contribution in [2.24, 2.45) is 0 Å². The highest BCUT2D eigenvalue weighted by Crippen LogP contribution is 2.19. The van der Waals surface area contributed by atoms with Crippen LogP contribution in [0, 0.1) is 0 Å². The lowest BCUT2D eigenvalue weighted by Crippen LogP contribution is -2.48. The van der Waals surface area contributed by atoms with Crippen molar-refractivity contribution in [3.05, 3.63) is 18.0 Å². The van der Waals surface area contributed by atoms with Crippen molar-refractivity contribution >= 4 is 0 Å². The summed E-state index contributed by atoms with van der Waals surface area (Å²) in [5.41, 5.74) is 1.36. The van der Waals surface area contributed by atoms with Crippen LogP contribution in [0.4, 0.5) is 0 Å². The lowest BCUT2D eigenvalue weighted by Gasteiger charge is -2.34. The molecule has 1 fully saturated rings. The Labute approximate surface area is 103 Å². The summed E-state index contributed by atoms with van der Waals surface area (Å²) in [7, 11) is 0. The van der Waals surface area contributed by atoms with E-state index in [4.69, 9.17) is 4.74 Å². The van der Waals surface area contributed by atoms with Crippen molar-refractivity contribution in [2.75, 3.05) is 13.2 Å². The van der Waals surface area contributed by atoms with Crippen LogP contribution in [0.25, 0.3) is 0 Å². The molecule has 1 atom stereocenters. The molecule has 1 aliphatic rings.